The Balaban J connectivity index is 1.96. The van der Waals surface area contributed by atoms with Gasteiger partial charge in [-0.25, -0.2) is 0 Å². The van der Waals surface area contributed by atoms with E-state index >= 15 is 0 Å². The molecule has 0 saturated heterocycles. The molecular formula is C18H20N2. The van der Waals surface area contributed by atoms with Crippen LogP contribution in [0.1, 0.15) is 36.0 Å². The molecule has 0 spiro atoms. The van der Waals surface area contributed by atoms with Crippen LogP contribution in [0.5, 0.6) is 0 Å². The Hall–Kier alpha value is -2.27. The maximum atomic E-state index is 9.14. The van der Waals surface area contributed by atoms with Crippen molar-refractivity contribution >= 4 is 5.69 Å². The molecule has 2 heteroatoms. The summed E-state index contributed by atoms with van der Waals surface area (Å²) >= 11 is 0. The number of hydrogen-bond acceptors (Lipinski definition) is 2. The lowest BCUT2D eigenvalue weighted by atomic mass is 9.98. The van der Waals surface area contributed by atoms with E-state index in [1.165, 1.54) is 5.56 Å². The fourth-order valence-electron chi connectivity index (χ4n) is 2.36. The van der Waals surface area contributed by atoms with Gasteiger partial charge in [0.15, 0.2) is 0 Å². The average Bonchev–Trinajstić information content (AvgIpc) is 2.49. The van der Waals surface area contributed by atoms with E-state index in [1.54, 1.807) is 0 Å². The number of nitrogens with zero attached hydrogens (tertiary/aromatic N) is 1. The Morgan fingerprint density at radius 1 is 1.10 bits per heavy atom. The maximum Gasteiger partial charge on any atom is 0.101 e. The number of nitriles is 1. The lowest BCUT2D eigenvalue weighted by Crippen LogP contribution is -2.08. The van der Waals surface area contributed by atoms with Crippen LogP contribution >= 0.6 is 0 Å². The molecule has 0 radical (unpaired) electrons. The average molecular weight is 264 g/mol. The minimum absolute atomic E-state index is 0.512. The minimum Gasteiger partial charge on any atom is -0.384 e. The lowest BCUT2D eigenvalue weighted by Gasteiger charge is -2.15. The van der Waals surface area contributed by atoms with Crippen molar-refractivity contribution in [2.24, 2.45) is 0 Å². The molecule has 0 heterocycles. The molecule has 1 atom stereocenters. The van der Waals surface area contributed by atoms with Crippen LogP contribution in [0.2, 0.25) is 0 Å². The maximum absolute atomic E-state index is 9.14. The predicted octanol–water partition coefficient (Wildman–Crippen LogP) is 4.47. The molecule has 0 aliphatic carbocycles. The molecule has 0 aromatic heterocycles. The second-order valence-electron chi connectivity index (χ2n) is 5.14. The van der Waals surface area contributed by atoms with Crippen LogP contribution in [0, 0.1) is 18.3 Å². The van der Waals surface area contributed by atoms with Gasteiger partial charge in [0.2, 0.25) is 0 Å². The van der Waals surface area contributed by atoms with Gasteiger partial charge in [-0.05, 0) is 36.5 Å². The third-order valence-corrected chi connectivity index (χ3v) is 3.64. The molecule has 2 aromatic rings. The Bertz CT molecular complexity index is 597. The van der Waals surface area contributed by atoms with Crippen LogP contribution in [0.15, 0.2) is 48.5 Å². The lowest BCUT2D eigenvalue weighted by molar-refractivity contribution is 0.706. The number of aryl methyl sites for hydroxylation is 1. The van der Waals surface area contributed by atoms with Crippen LogP contribution < -0.4 is 5.32 Å². The highest BCUT2D eigenvalue weighted by molar-refractivity contribution is 5.62. The molecular weight excluding hydrogens is 244 g/mol. The fraction of sp³-hybridized carbons (Fsp3) is 0.278. The van der Waals surface area contributed by atoms with Gasteiger partial charge in [0, 0.05) is 6.54 Å². The van der Waals surface area contributed by atoms with E-state index in [0.29, 0.717) is 5.92 Å². The monoisotopic (exact) mass is 264 g/mol. The molecule has 0 aliphatic heterocycles. The van der Waals surface area contributed by atoms with Crippen molar-refractivity contribution < 1.29 is 0 Å². The van der Waals surface area contributed by atoms with Crippen molar-refractivity contribution in [3.8, 4) is 6.07 Å². The van der Waals surface area contributed by atoms with Gasteiger partial charge < -0.3 is 5.32 Å². The highest BCUT2D eigenvalue weighted by Gasteiger charge is 2.07. The van der Waals surface area contributed by atoms with Crippen LogP contribution in [-0.4, -0.2) is 6.54 Å². The minimum atomic E-state index is 0.512. The molecule has 2 aromatic carbocycles. The Kier molecular flexibility index (Phi) is 4.79. The molecule has 0 bridgehead atoms. The van der Waals surface area contributed by atoms with Crippen LogP contribution in [0.25, 0.3) is 0 Å². The Morgan fingerprint density at radius 2 is 1.85 bits per heavy atom. The summed E-state index contributed by atoms with van der Waals surface area (Å²) in [6.07, 6.45) is 1.04. The van der Waals surface area contributed by atoms with Crippen LogP contribution in [-0.2, 0) is 0 Å². The first-order valence-electron chi connectivity index (χ1n) is 7.01. The van der Waals surface area contributed by atoms with Crippen molar-refractivity contribution in [1.82, 2.24) is 0 Å². The summed E-state index contributed by atoms with van der Waals surface area (Å²) in [6, 6.07) is 18.6. The summed E-state index contributed by atoms with van der Waals surface area (Å²) in [5.41, 5.74) is 4.17. The molecule has 102 valence electrons. The highest BCUT2D eigenvalue weighted by Crippen LogP contribution is 2.22. The first-order chi connectivity index (χ1) is 9.72. The van der Waals surface area contributed by atoms with E-state index < -0.39 is 0 Å². The topological polar surface area (TPSA) is 35.8 Å². The summed E-state index contributed by atoms with van der Waals surface area (Å²) in [7, 11) is 0. The summed E-state index contributed by atoms with van der Waals surface area (Å²) in [5, 5.41) is 12.6. The standard InChI is InChI=1S/C18H20N2/c1-14(16-8-4-3-5-9-16)11-12-20-18-15(2)7-6-10-17(18)13-19/h3-10,14,20H,11-12H2,1-2H3. The quantitative estimate of drug-likeness (QED) is 0.864. The number of rotatable bonds is 5. The van der Waals surface area contributed by atoms with Gasteiger partial charge in [-0.2, -0.15) is 5.26 Å². The van der Waals surface area contributed by atoms with E-state index in [4.69, 9.17) is 5.26 Å². The largest absolute Gasteiger partial charge is 0.384 e. The van der Waals surface area contributed by atoms with Gasteiger partial charge in [0.1, 0.15) is 6.07 Å². The molecule has 0 fully saturated rings. The number of benzene rings is 2. The van der Waals surface area contributed by atoms with Crippen molar-refractivity contribution in [2.45, 2.75) is 26.2 Å². The van der Waals surface area contributed by atoms with Gasteiger partial charge in [0.05, 0.1) is 11.3 Å². The van der Waals surface area contributed by atoms with E-state index in [2.05, 4.69) is 42.6 Å². The first kappa shape index (κ1) is 14.1. The zero-order chi connectivity index (χ0) is 14.4. The van der Waals surface area contributed by atoms with Gasteiger partial charge >= 0.3 is 0 Å². The van der Waals surface area contributed by atoms with Gasteiger partial charge in [-0.1, -0.05) is 49.4 Å². The summed E-state index contributed by atoms with van der Waals surface area (Å²) < 4.78 is 0. The van der Waals surface area contributed by atoms with Gasteiger partial charge in [0.25, 0.3) is 0 Å². The first-order valence-corrected chi connectivity index (χ1v) is 7.01. The van der Waals surface area contributed by atoms with E-state index in [1.807, 2.05) is 31.2 Å². The van der Waals surface area contributed by atoms with Gasteiger partial charge in [-0.3, -0.25) is 0 Å². The second kappa shape index (κ2) is 6.77. The fourth-order valence-corrected chi connectivity index (χ4v) is 2.36. The Morgan fingerprint density at radius 3 is 2.55 bits per heavy atom. The zero-order valence-corrected chi connectivity index (χ0v) is 12.1. The zero-order valence-electron chi connectivity index (χ0n) is 12.1. The number of para-hydroxylation sites is 1. The molecule has 2 nitrogen and oxygen atoms in total. The molecule has 2 rings (SSSR count). The Labute approximate surface area is 121 Å². The summed E-state index contributed by atoms with van der Waals surface area (Å²) in [5.74, 6) is 0.512. The van der Waals surface area contributed by atoms with E-state index in [0.717, 1.165) is 29.8 Å². The predicted molar refractivity (Wildman–Crippen MR) is 83.9 cm³/mol. The van der Waals surface area contributed by atoms with E-state index in [-0.39, 0.29) is 0 Å². The number of nitrogens with one attached hydrogen (secondary N) is 1. The van der Waals surface area contributed by atoms with Gasteiger partial charge in [-0.15, -0.1) is 0 Å². The highest BCUT2D eigenvalue weighted by atomic mass is 14.9. The molecule has 0 aliphatic rings. The molecule has 0 amide bonds. The van der Waals surface area contributed by atoms with Crippen molar-refractivity contribution in [1.29, 1.82) is 5.26 Å². The SMILES string of the molecule is Cc1cccc(C#N)c1NCCC(C)c1ccccc1. The van der Waals surface area contributed by atoms with Crippen molar-refractivity contribution in [3.05, 3.63) is 65.2 Å². The van der Waals surface area contributed by atoms with Crippen LogP contribution in [0.4, 0.5) is 5.69 Å². The number of anilines is 1. The third-order valence-electron chi connectivity index (χ3n) is 3.64. The second-order valence-corrected chi connectivity index (χ2v) is 5.14. The number of hydrogen-bond donors (Lipinski definition) is 1. The molecule has 0 saturated carbocycles. The third kappa shape index (κ3) is 3.39. The molecule has 20 heavy (non-hydrogen) atoms. The normalized spacial score (nSPS) is 11.7. The molecule has 1 unspecified atom stereocenters. The molecule has 1 N–H and O–H groups in total. The van der Waals surface area contributed by atoms with Crippen molar-refractivity contribution in [2.75, 3.05) is 11.9 Å². The van der Waals surface area contributed by atoms with Crippen LogP contribution in [0.3, 0.4) is 0 Å². The smallest absolute Gasteiger partial charge is 0.101 e. The summed E-state index contributed by atoms with van der Waals surface area (Å²) in [4.78, 5) is 0. The summed E-state index contributed by atoms with van der Waals surface area (Å²) in [6.45, 7) is 5.14. The van der Waals surface area contributed by atoms with E-state index in [9.17, 15) is 0 Å². The van der Waals surface area contributed by atoms with Crippen molar-refractivity contribution in [3.63, 3.8) is 0 Å².